The predicted molar refractivity (Wildman–Crippen MR) is 119 cm³/mol. The molecule has 30 heavy (non-hydrogen) atoms. The van der Waals surface area contributed by atoms with Crippen LogP contribution in [0, 0.1) is 0 Å². The minimum Gasteiger partial charge on any atom is -0.492 e. The number of benzene rings is 1. The van der Waals surface area contributed by atoms with Gasteiger partial charge in [0.25, 0.3) is 5.56 Å². The van der Waals surface area contributed by atoms with Crippen molar-refractivity contribution < 1.29 is 9.47 Å². The van der Waals surface area contributed by atoms with Crippen molar-refractivity contribution in [3.63, 3.8) is 0 Å². The summed E-state index contributed by atoms with van der Waals surface area (Å²) >= 11 is 5.83. The summed E-state index contributed by atoms with van der Waals surface area (Å²) in [6.45, 7) is 6.09. The Morgan fingerprint density at radius 1 is 1.10 bits per heavy atom. The first-order chi connectivity index (χ1) is 14.5. The van der Waals surface area contributed by atoms with Crippen molar-refractivity contribution in [1.29, 1.82) is 0 Å². The molecule has 158 valence electrons. The third-order valence-electron chi connectivity index (χ3n) is 4.92. The fraction of sp³-hybridized carbons (Fsp3) is 0.304. The molecule has 1 aromatic carbocycles. The van der Waals surface area contributed by atoms with Gasteiger partial charge in [-0.2, -0.15) is 0 Å². The Hall–Kier alpha value is -2.83. The molecule has 1 atom stereocenters. The van der Waals surface area contributed by atoms with Crippen molar-refractivity contribution in [3.8, 4) is 17.2 Å². The van der Waals surface area contributed by atoms with Crippen LogP contribution < -0.4 is 15.0 Å². The normalized spacial score (nSPS) is 12.0. The summed E-state index contributed by atoms with van der Waals surface area (Å²) in [4.78, 5) is 18.9. The Morgan fingerprint density at radius 3 is 2.50 bits per heavy atom. The van der Waals surface area contributed by atoms with Gasteiger partial charge >= 0.3 is 0 Å². The number of rotatable bonds is 9. The Kier molecular flexibility index (Phi) is 7.49. The van der Waals surface area contributed by atoms with E-state index < -0.39 is 0 Å². The van der Waals surface area contributed by atoms with E-state index in [0.717, 1.165) is 23.7 Å². The van der Waals surface area contributed by atoms with E-state index in [2.05, 4.69) is 30.8 Å². The smallest absolute Gasteiger partial charge is 0.258 e. The van der Waals surface area contributed by atoms with E-state index >= 15 is 0 Å². The molecule has 2 aromatic heterocycles. The Labute approximate surface area is 181 Å². The Bertz CT molecular complexity index is 1000. The number of nitrogens with zero attached hydrogens (tertiary/aromatic N) is 3. The molecule has 0 aliphatic heterocycles. The highest BCUT2D eigenvalue weighted by Crippen LogP contribution is 2.17. The van der Waals surface area contributed by atoms with E-state index in [1.54, 1.807) is 35.2 Å². The van der Waals surface area contributed by atoms with E-state index in [1.807, 2.05) is 24.3 Å². The Morgan fingerprint density at radius 2 is 1.87 bits per heavy atom. The van der Waals surface area contributed by atoms with Gasteiger partial charge in [-0.05, 0) is 63.0 Å². The summed E-state index contributed by atoms with van der Waals surface area (Å²) in [6.07, 6.45) is 3.26. The van der Waals surface area contributed by atoms with Crippen LogP contribution in [0.5, 0.6) is 11.5 Å². The van der Waals surface area contributed by atoms with Crippen molar-refractivity contribution in [3.05, 3.63) is 82.0 Å². The van der Waals surface area contributed by atoms with Crippen LogP contribution in [-0.4, -0.2) is 40.7 Å². The SMILES string of the molecule is CCN(C)[C@@H](C)COc1ccc(-n2ccc(OCc3ccc(Cl)cn3)cc2=O)cc1. The minimum atomic E-state index is -0.177. The lowest BCUT2D eigenvalue weighted by atomic mass is 10.2. The number of aromatic nitrogens is 2. The van der Waals surface area contributed by atoms with Crippen LogP contribution in [0.3, 0.4) is 0 Å². The van der Waals surface area contributed by atoms with Crippen molar-refractivity contribution in [2.24, 2.45) is 0 Å². The molecular weight excluding hydrogens is 402 g/mol. The molecular formula is C23H26ClN3O3. The molecule has 2 heterocycles. The maximum Gasteiger partial charge on any atom is 0.258 e. The maximum atomic E-state index is 12.5. The van der Waals surface area contributed by atoms with Crippen LogP contribution in [0.4, 0.5) is 0 Å². The molecule has 0 aliphatic carbocycles. The first-order valence-electron chi connectivity index (χ1n) is 9.85. The largest absolute Gasteiger partial charge is 0.492 e. The number of hydrogen-bond acceptors (Lipinski definition) is 5. The minimum absolute atomic E-state index is 0.177. The van der Waals surface area contributed by atoms with Gasteiger partial charge in [-0.15, -0.1) is 0 Å². The quantitative estimate of drug-likeness (QED) is 0.512. The van der Waals surface area contributed by atoms with Gasteiger partial charge in [-0.1, -0.05) is 18.5 Å². The van der Waals surface area contributed by atoms with E-state index in [9.17, 15) is 4.79 Å². The zero-order valence-corrected chi connectivity index (χ0v) is 18.2. The van der Waals surface area contributed by atoms with Crippen molar-refractivity contribution >= 4 is 11.6 Å². The zero-order valence-electron chi connectivity index (χ0n) is 17.4. The lowest BCUT2D eigenvalue weighted by Crippen LogP contribution is -2.33. The number of pyridine rings is 2. The lowest BCUT2D eigenvalue weighted by molar-refractivity contribution is 0.179. The molecule has 0 spiro atoms. The highest BCUT2D eigenvalue weighted by molar-refractivity contribution is 6.30. The topological polar surface area (TPSA) is 56.6 Å². The Balaban J connectivity index is 1.61. The third-order valence-corrected chi connectivity index (χ3v) is 5.15. The van der Waals surface area contributed by atoms with Crippen LogP contribution in [0.15, 0.2) is 65.7 Å². The highest BCUT2D eigenvalue weighted by Gasteiger charge is 2.08. The molecule has 3 rings (SSSR count). The van der Waals surface area contributed by atoms with Crippen LogP contribution >= 0.6 is 11.6 Å². The van der Waals surface area contributed by atoms with Crippen LogP contribution in [0.25, 0.3) is 5.69 Å². The molecule has 0 saturated carbocycles. The molecule has 0 bridgehead atoms. The fourth-order valence-corrected chi connectivity index (χ4v) is 2.88. The monoisotopic (exact) mass is 427 g/mol. The van der Waals surface area contributed by atoms with Gasteiger partial charge in [0.2, 0.25) is 0 Å². The molecule has 7 heteroatoms. The summed E-state index contributed by atoms with van der Waals surface area (Å²) in [5, 5.41) is 0.570. The molecule has 6 nitrogen and oxygen atoms in total. The van der Waals surface area contributed by atoms with E-state index in [1.165, 1.54) is 6.07 Å². The summed E-state index contributed by atoms with van der Waals surface area (Å²) in [6, 6.07) is 14.6. The van der Waals surface area contributed by atoms with Crippen LogP contribution in [0.1, 0.15) is 19.5 Å². The van der Waals surface area contributed by atoms with Gasteiger partial charge < -0.3 is 14.4 Å². The molecule has 0 saturated heterocycles. The fourth-order valence-electron chi connectivity index (χ4n) is 2.77. The van der Waals surface area contributed by atoms with Gasteiger partial charge in [-0.3, -0.25) is 14.3 Å². The standard InChI is InChI=1S/C23H26ClN3O3/c1-4-26(3)17(2)15-29-21-9-7-20(8-10-21)27-12-11-22(13-23(27)28)30-16-19-6-5-18(24)14-25-19/h5-14,17H,4,15-16H2,1-3H3/t17-/m0/s1. The van der Waals surface area contributed by atoms with Gasteiger partial charge in [0.15, 0.2) is 0 Å². The van der Waals surface area contributed by atoms with E-state index in [-0.39, 0.29) is 12.2 Å². The average Bonchev–Trinajstić information content (AvgIpc) is 2.77. The van der Waals surface area contributed by atoms with Gasteiger partial charge in [0.05, 0.1) is 10.7 Å². The number of hydrogen-bond donors (Lipinski definition) is 0. The number of likely N-dealkylation sites (N-methyl/N-ethyl adjacent to an activating group) is 1. The van der Waals surface area contributed by atoms with Crippen molar-refractivity contribution in [2.75, 3.05) is 20.2 Å². The van der Waals surface area contributed by atoms with E-state index in [4.69, 9.17) is 21.1 Å². The molecule has 0 fully saturated rings. The molecule has 0 radical (unpaired) electrons. The zero-order chi connectivity index (χ0) is 21.5. The first kappa shape index (κ1) is 21.9. The summed E-state index contributed by atoms with van der Waals surface area (Å²) in [5.41, 5.74) is 1.32. The molecule has 0 aliphatic rings. The summed E-state index contributed by atoms with van der Waals surface area (Å²) in [7, 11) is 2.07. The van der Waals surface area contributed by atoms with Gasteiger partial charge in [0, 0.05) is 30.2 Å². The second-order valence-electron chi connectivity index (χ2n) is 7.05. The van der Waals surface area contributed by atoms with Crippen molar-refractivity contribution in [2.45, 2.75) is 26.5 Å². The van der Waals surface area contributed by atoms with Gasteiger partial charge in [0.1, 0.15) is 24.7 Å². The molecule has 0 N–H and O–H groups in total. The first-order valence-corrected chi connectivity index (χ1v) is 10.2. The predicted octanol–water partition coefficient (Wildman–Crippen LogP) is 4.18. The summed E-state index contributed by atoms with van der Waals surface area (Å²) in [5.74, 6) is 1.26. The number of ether oxygens (including phenoxy) is 2. The number of halogens is 1. The maximum absolute atomic E-state index is 12.5. The average molecular weight is 428 g/mol. The van der Waals surface area contributed by atoms with Crippen LogP contribution in [0.2, 0.25) is 5.02 Å². The third kappa shape index (κ3) is 5.84. The van der Waals surface area contributed by atoms with Crippen LogP contribution in [-0.2, 0) is 6.61 Å². The van der Waals surface area contributed by atoms with Gasteiger partial charge in [-0.25, -0.2) is 0 Å². The van der Waals surface area contributed by atoms with E-state index in [0.29, 0.717) is 23.4 Å². The second-order valence-corrected chi connectivity index (χ2v) is 7.49. The lowest BCUT2D eigenvalue weighted by Gasteiger charge is -2.23. The summed E-state index contributed by atoms with van der Waals surface area (Å²) < 4.78 is 13.1. The second kappa shape index (κ2) is 10.3. The molecule has 0 amide bonds. The highest BCUT2D eigenvalue weighted by atomic mass is 35.5. The molecule has 0 unspecified atom stereocenters. The van der Waals surface area contributed by atoms with Crippen molar-refractivity contribution in [1.82, 2.24) is 14.5 Å². The molecule has 3 aromatic rings.